The quantitative estimate of drug-likeness (QED) is 0.597. The number of hydrogen-bond acceptors (Lipinski definition) is 6. The van der Waals surface area contributed by atoms with Gasteiger partial charge >= 0.3 is 12.6 Å². The molecule has 2 rings (SSSR count). The number of rotatable bonds is 7. The molecule has 1 aromatic carbocycles. The summed E-state index contributed by atoms with van der Waals surface area (Å²) in [6.07, 6.45) is 3.32. The normalized spacial score (nSPS) is 10.4. The van der Waals surface area contributed by atoms with E-state index in [0.717, 1.165) is 0 Å². The molecule has 1 heterocycles. The lowest BCUT2D eigenvalue weighted by Gasteiger charge is -2.09. The summed E-state index contributed by atoms with van der Waals surface area (Å²) in [5.41, 5.74) is 0.630. The number of amides is 1. The van der Waals surface area contributed by atoms with Crippen LogP contribution in [0.5, 0.6) is 5.75 Å². The Morgan fingerprint density at radius 3 is 2.60 bits per heavy atom. The van der Waals surface area contributed by atoms with Crippen molar-refractivity contribution in [3.05, 3.63) is 48.2 Å². The number of benzene rings is 1. The van der Waals surface area contributed by atoms with Crippen molar-refractivity contribution in [2.45, 2.75) is 11.6 Å². The predicted molar refractivity (Wildman–Crippen MR) is 88.0 cm³/mol. The van der Waals surface area contributed by atoms with Crippen LogP contribution in [0.3, 0.4) is 0 Å². The molecular weight excluding hydrogens is 354 g/mol. The lowest BCUT2D eigenvalue weighted by Crippen LogP contribution is -2.21. The Balaban J connectivity index is 1.87. The molecule has 1 N–H and O–H groups in total. The molecule has 0 fully saturated rings. The third kappa shape index (κ3) is 5.71. The van der Waals surface area contributed by atoms with Crippen molar-refractivity contribution in [3.63, 3.8) is 0 Å². The SMILES string of the molecule is CSc1ncccc1C(=O)OCC(=O)Nc1ccc(OC(F)F)cc1. The van der Waals surface area contributed by atoms with Crippen molar-refractivity contribution >= 4 is 29.3 Å². The van der Waals surface area contributed by atoms with Crippen molar-refractivity contribution in [1.82, 2.24) is 4.98 Å². The maximum atomic E-state index is 12.1. The van der Waals surface area contributed by atoms with E-state index in [1.807, 2.05) is 0 Å². The standard InChI is InChI=1S/C16H14F2N2O4S/c1-25-14-12(3-2-8-19-14)15(22)23-9-13(21)20-10-4-6-11(7-5-10)24-16(17)18/h2-8,16H,9H2,1H3,(H,20,21). The van der Waals surface area contributed by atoms with E-state index in [-0.39, 0.29) is 11.3 Å². The number of pyridine rings is 1. The number of hydrogen-bond donors (Lipinski definition) is 1. The minimum Gasteiger partial charge on any atom is -0.452 e. The molecule has 0 atom stereocenters. The maximum absolute atomic E-state index is 12.1. The Morgan fingerprint density at radius 1 is 1.24 bits per heavy atom. The van der Waals surface area contributed by atoms with Crippen LogP contribution in [0.4, 0.5) is 14.5 Å². The van der Waals surface area contributed by atoms with Gasteiger partial charge in [0.1, 0.15) is 10.8 Å². The topological polar surface area (TPSA) is 77.5 Å². The van der Waals surface area contributed by atoms with E-state index in [0.29, 0.717) is 10.7 Å². The van der Waals surface area contributed by atoms with Gasteiger partial charge in [-0.15, -0.1) is 11.8 Å². The van der Waals surface area contributed by atoms with E-state index in [1.54, 1.807) is 24.6 Å². The van der Waals surface area contributed by atoms with Gasteiger partial charge < -0.3 is 14.8 Å². The predicted octanol–water partition coefficient (Wildman–Crippen LogP) is 3.20. The molecule has 9 heteroatoms. The molecule has 0 aliphatic rings. The number of aromatic nitrogens is 1. The number of ether oxygens (including phenoxy) is 2. The third-order valence-corrected chi connectivity index (χ3v) is 3.59. The average Bonchev–Trinajstić information content (AvgIpc) is 2.61. The molecule has 0 saturated heterocycles. The van der Waals surface area contributed by atoms with E-state index in [4.69, 9.17) is 4.74 Å². The summed E-state index contributed by atoms with van der Waals surface area (Å²) in [4.78, 5) is 27.8. The zero-order valence-electron chi connectivity index (χ0n) is 13.1. The van der Waals surface area contributed by atoms with E-state index < -0.39 is 25.1 Å². The van der Waals surface area contributed by atoms with Crippen molar-refractivity contribution < 1.29 is 27.8 Å². The Hall–Kier alpha value is -2.68. The number of anilines is 1. The van der Waals surface area contributed by atoms with Crippen LogP contribution in [-0.2, 0) is 9.53 Å². The third-order valence-electron chi connectivity index (χ3n) is 2.88. The minimum absolute atomic E-state index is 0.0272. The maximum Gasteiger partial charge on any atom is 0.387 e. The molecule has 0 saturated carbocycles. The number of halogens is 2. The van der Waals surface area contributed by atoms with Crippen LogP contribution in [0.2, 0.25) is 0 Å². The molecule has 0 aliphatic heterocycles. The van der Waals surface area contributed by atoms with Crippen molar-refractivity contribution in [2.75, 3.05) is 18.2 Å². The van der Waals surface area contributed by atoms with Crippen LogP contribution in [-0.4, -0.2) is 36.3 Å². The van der Waals surface area contributed by atoms with Crippen LogP contribution < -0.4 is 10.1 Å². The number of thioether (sulfide) groups is 1. The highest BCUT2D eigenvalue weighted by Gasteiger charge is 2.15. The second-order valence-corrected chi connectivity index (χ2v) is 5.38. The minimum atomic E-state index is -2.92. The number of nitrogens with one attached hydrogen (secondary N) is 1. The molecule has 0 bridgehead atoms. The first-order valence-corrected chi connectivity index (χ1v) is 8.23. The summed E-state index contributed by atoms with van der Waals surface area (Å²) in [6, 6.07) is 8.51. The zero-order valence-corrected chi connectivity index (χ0v) is 13.9. The Labute approximate surface area is 146 Å². The van der Waals surface area contributed by atoms with Gasteiger partial charge in [0.15, 0.2) is 6.61 Å². The van der Waals surface area contributed by atoms with E-state index in [1.165, 1.54) is 36.0 Å². The zero-order chi connectivity index (χ0) is 18.2. The number of alkyl halides is 2. The number of esters is 1. The van der Waals surface area contributed by atoms with Gasteiger partial charge in [0, 0.05) is 11.9 Å². The molecule has 1 aromatic heterocycles. The smallest absolute Gasteiger partial charge is 0.387 e. The first-order chi connectivity index (χ1) is 12.0. The molecule has 6 nitrogen and oxygen atoms in total. The highest BCUT2D eigenvalue weighted by atomic mass is 32.2. The van der Waals surface area contributed by atoms with Crippen LogP contribution in [0.25, 0.3) is 0 Å². The Kier molecular flexibility index (Phi) is 6.70. The van der Waals surface area contributed by atoms with E-state index >= 15 is 0 Å². The first-order valence-electron chi connectivity index (χ1n) is 7.00. The molecule has 25 heavy (non-hydrogen) atoms. The lowest BCUT2D eigenvalue weighted by atomic mass is 10.3. The van der Waals surface area contributed by atoms with Gasteiger partial charge in [-0.3, -0.25) is 4.79 Å². The number of nitrogens with zero attached hydrogens (tertiary/aromatic N) is 1. The summed E-state index contributed by atoms with van der Waals surface area (Å²) in [7, 11) is 0. The second kappa shape index (κ2) is 8.97. The fourth-order valence-corrected chi connectivity index (χ4v) is 2.37. The van der Waals surface area contributed by atoms with Gasteiger partial charge in [0.05, 0.1) is 5.56 Å². The Morgan fingerprint density at radius 2 is 1.96 bits per heavy atom. The monoisotopic (exact) mass is 368 g/mol. The summed E-state index contributed by atoms with van der Waals surface area (Å²) in [5.74, 6) is -1.25. The largest absolute Gasteiger partial charge is 0.452 e. The highest BCUT2D eigenvalue weighted by molar-refractivity contribution is 7.98. The van der Waals surface area contributed by atoms with Gasteiger partial charge in [-0.2, -0.15) is 8.78 Å². The van der Waals surface area contributed by atoms with Crippen LogP contribution in [0.15, 0.2) is 47.6 Å². The lowest BCUT2D eigenvalue weighted by molar-refractivity contribution is -0.119. The molecule has 0 radical (unpaired) electrons. The molecule has 132 valence electrons. The first kappa shape index (κ1) is 18.7. The van der Waals surface area contributed by atoms with Crippen LogP contribution >= 0.6 is 11.8 Å². The fourth-order valence-electron chi connectivity index (χ4n) is 1.83. The van der Waals surface area contributed by atoms with Gasteiger partial charge in [-0.1, -0.05) is 0 Å². The Bertz CT molecular complexity index is 741. The molecule has 0 aliphatic carbocycles. The van der Waals surface area contributed by atoms with Crippen LogP contribution in [0.1, 0.15) is 10.4 Å². The second-order valence-electron chi connectivity index (χ2n) is 4.59. The van der Waals surface area contributed by atoms with E-state index in [2.05, 4.69) is 15.0 Å². The van der Waals surface area contributed by atoms with Crippen molar-refractivity contribution in [3.8, 4) is 5.75 Å². The van der Waals surface area contributed by atoms with Crippen molar-refractivity contribution in [2.24, 2.45) is 0 Å². The average molecular weight is 368 g/mol. The van der Waals surface area contributed by atoms with Crippen LogP contribution in [0, 0.1) is 0 Å². The molecule has 1 amide bonds. The highest BCUT2D eigenvalue weighted by Crippen LogP contribution is 2.19. The van der Waals surface area contributed by atoms with Gasteiger partial charge in [0.25, 0.3) is 5.91 Å². The summed E-state index contributed by atoms with van der Waals surface area (Å²) in [5, 5.41) is 2.98. The summed E-state index contributed by atoms with van der Waals surface area (Å²) in [6.45, 7) is -3.41. The van der Waals surface area contributed by atoms with Gasteiger partial charge in [-0.25, -0.2) is 9.78 Å². The van der Waals surface area contributed by atoms with Crippen molar-refractivity contribution in [1.29, 1.82) is 0 Å². The summed E-state index contributed by atoms with van der Waals surface area (Å²) < 4.78 is 33.3. The fraction of sp³-hybridized carbons (Fsp3) is 0.188. The molecule has 0 unspecified atom stereocenters. The van der Waals surface area contributed by atoms with Gasteiger partial charge in [-0.05, 0) is 42.7 Å². The summed E-state index contributed by atoms with van der Waals surface area (Å²) >= 11 is 1.29. The van der Waals surface area contributed by atoms with E-state index in [9.17, 15) is 18.4 Å². The number of carbonyl (C=O) groups is 2. The molecular formula is C16H14F2N2O4S. The number of carbonyl (C=O) groups excluding carboxylic acids is 2. The van der Waals surface area contributed by atoms with Gasteiger partial charge in [0.2, 0.25) is 0 Å². The molecule has 0 spiro atoms. The molecule has 2 aromatic rings.